The number of allylic oxidation sites excluding steroid dienone is 4. The first kappa shape index (κ1) is 30.1. The van der Waals surface area contributed by atoms with Crippen molar-refractivity contribution in [3.8, 4) is 0 Å². The van der Waals surface area contributed by atoms with Crippen LogP contribution < -0.4 is 4.90 Å². The Balaban J connectivity index is 1.48. The Hall–Kier alpha value is -6.01. The molecule has 0 bridgehead atoms. The molecule has 0 radical (unpaired) electrons. The van der Waals surface area contributed by atoms with Gasteiger partial charge in [-0.25, -0.2) is 17.6 Å². The average molecular weight is 662 g/mol. The molecule has 0 fully saturated rings. The molecule has 50 heavy (non-hydrogen) atoms. The van der Waals surface area contributed by atoms with Crippen molar-refractivity contribution in [2.24, 2.45) is 0 Å². The third-order valence-corrected chi connectivity index (χ3v) is 10.3. The highest BCUT2D eigenvalue weighted by Crippen LogP contribution is 2.73. The molecule has 1 heterocycles. The SMILES string of the molecule is O=C1C2c3cc(F)ccc3C3=C(c4ccc(F)cc4)C(c4ccc(F)cc4)=C(c4ccc(F)cc4)C32c2ccccc2N1Cc1ccccc1. The van der Waals surface area contributed by atoms with E-state index in [4.69, 9.17) is 0 Å². The third-order valence-electron chi connectivity index (χ3n) is 10.3. The van der Waals surface area contributed by atoms with Crippen molar-refractivity contribution in [1.29, 1.82) is 0 Å². The largest absolute Gasteiger partial charge is 0.307 e. The van der Waals surface area contributed by atoms with E-state index < -0.39 is 34.6 Å². The fraction of sp³-hybridized carbons (Fsp3) is 0.0682. The van der Waals surface area contributed by atoms with Crippen LogP contribution in [0.1, 0.15) is 44.9 Å². The molecule has 2 aliphatic carbocycles. The van der Waals surface area contributed by atoms with Gasteiger partial charge in [-0.2, -0.15) is 0 Å². The van der Waals surface area contributed by atoms with Crippen molar-refractivity contribution in [1.82, 2.24) is 0 Å². The van der Waals surface area contributed by atoms with Crippen LogP contribution in [-0.2, 0) is 16.8 Å². The number of halogens is 4. The predicted octanol–water partition coefficient (Wildman–Crippen LogP) is 10.4. The van der Waals surface area contributed by atoms with E-state index in [9.17, 15) is 13.2 Å². The number of hydrogen-bond donors (Lipinski definition) is 0. The van der Waals surface area contributed by atoms with Gasteiger partial charge in [0.2, 0.25) is 5.91 Å². The minimum Gasteiger partial charge on any atom is -0.307 e. The summed E-state index contributed by atoms with van der Waals surface area (Å²) in [5.41, 5.74) is 7.34. The van der Waals surface area contributed by atoms with Gasteiger partial charge >= 0.3 is 0 Å². The van der Waals surface area contributed by atoms with Crippen LogP contribution in [0.3, 0.4) is 0 Å². The lowest BCUT2D eigenvalue weighted by molar-refractivity contribution is -0.121. The number of nitrogens with zero attached hydrogens (tertiary/aromatic N) is 1. The van der Waals surface area contributed by atoms with E-state index in [0.717, 1.165) is 16.7 Å². The zero-order chi connectivity index (χ0) is 34.1. The number of fused-ring (bicyclic) bond motifs is 4. The highest BCUT2D eigenvalue weighted by atomic mass is 19.1. The highest BCUT2D eigenvalue weighted by Gasteiger charge is 2.65. The number of benzene rings is 6. The lowest BCUT2D eigenvalue weighted by atomic mass is 9.61. The van der Waals surface area contributed by atoms with Gasteiger partial charge in [0.1, 0.15) is 23.3 Å². The molecular formula is C44H27F4NO. The van der Waals surface area contributed by atoms with E-state index in [2.05, 4.69) is 0 Å². The Morgan fingerprint density at radius 3 is 1.68 bits per heavy atom. The van der Waals surface area contributed by atoms with Gasteiger partial charge < -0.3 is 4.90 Å². The number of para-hydroxylation sites is 1. The topological polar surface area (TPSA) is 20.3 Å². The molecule has 6 aromatic rings. The fourth-order valence-electron chi connectivity index (χ4n) is 8.43. The molecule has 1 amide bonds. The van der Waals surface area contributed by atoms with Crippen molar-refractivity contribution < 1.29 is 22.4 Å². The lowest BCUT2D eigenvalue weighted by Crippen LogP contribution is -2.48. The first-order chi connectivity index (χ1) is 24.4. The third kappa shape index (κ3) is 4.31. The average Bonchev–Trinajstić information content (AvgIpc) is 3.59. The number of carbonyl (C=O) groups is 1. The van der Waals surface area contributed by atoms with Gasteiger partial charge in [-0.15, -0.1) is 0 Å². The second-order valence-corrected chi connectivity index (χ2v) is 12.9. The van der Waals surface area contributed by atoms with Gasteiger partial charge in [-0.05, 0) is 116 Å². The van der Waals surface area contributed by atoms with Crippen LogP contribution in [0.15, 0.2) is 146 Å². The van der Waals surface area contributed by atoms with E-state index in [1.165, 1.54) is 48.5 Å². The van der Waals surface area contributed by atoms with Gasteiger partial charge in [-0.3, -0.25) is 4.79 Å². The molecule has 2 unspecified atom stereocenters. The molecule has 2 nitrogen and oxygen atoms in total. The van der Waals surface area contributed by atoms with Crippen molar-refractivity contribution >= 4 is 33.9 Å². The van der Waals surface area contributed by atoms with Gasteiger partial charge in [0.15, 0.2) is 0 Å². The quantitative estimate of drug-likeness (QED) is 0.168. The summed E-state index contributed by atoms with van der Waals surface area (Å²) in [6.45, 7) is 0.290. The molecule has 6 aromatic carbocycles. The van der Waals surface area contributed by atoms with Crippen LogP contribution in [0.25, 0.3) is 22.3 Å². The number of amides is 1. The molecule has 2 atom stereocenters. The maximum atomic E-state index is 15.4. The van der Waals surface area contributed by atoms with Crippen LogP contribution in [0, 0.1) is 23.3 Å². The summed E-state index contributed by atoms with van der Waals surface area (Å²) in [6.07, 6.45) is 0. The van der Waals surface area contributed by atoms with Crippen LogP contribution >= 0.6 is 0 Å². The molecule has 0 aromatic heterocycles. The Bertz CT molecular complexity index is 2350. The Kier molecular flexibility index (Phi) is 6.78. The molecular weight excluding hydrogens is 634 g/mol. The minimum absolute atomic E-state index is 0.215. The zero-order valence-corrected chi connectivity index (χ0v) is 26.5. The maximum absolute atomic E-state index is 15.4. The summed E-state index contributed by atoms with van der Waals surface area (Å²) in [5.74, 6) is -2.88. The Labute approximate surface area is 286 Å². The van der Waals surface area contributed by atoms with Crippen LogP contribution in [0.4, 0.5) is 23.2 Å². The molecule has 0 N–H and O–H groups in total. The van der Waals surface area contributed by atoms with Gasteiger partial charge in [0.05, 0.1) is 17.9 Å². The van der Waals surface area contributed by atoms with E-state index in [1.54, 1.807) is 47.4 Å². The van der Waals surface area contributed by atoms with E-state index in [1.807, 2.05) is 54.6 Å². The summed E-state index contributed by atoms with van der Waals surface area (Å²) < 4.78 is 59.0. The summed E-state index contributed by atoms with van der Waals surface area (Å²) in [6, 6.07) is 40.5. The molecule has 0 saturated carbocycles. The summed E-state index contributed by atoms with van der Waals surface area (Å²) in [7, 11) is 0. The smallest absolute Gasteiger partial charge is 0.236 e. The first-order valence-corrected chi connectivity index (χ1v) is 16.4. The maximum Gasteiger partial charge on any atom is 0.236 e. The summed E-state index contributed by atoms with van der Waals surface area (Å²) >= 11 is 0. The monoisotopic (exact) mass is 661 g/mol. The standard InChI is InChI=1S/C44H27F4NO/c45-30-16-10-27(11-17-30)38-39(28-12-18-31(46)19-13-28)41-34-23-22-33(48)24-35(34)42-43(50)49(25-26-6-2-1-3-7-26)37-9-5-4-8-36(37)44(41,42)40(38)29-14-20-32(47)21-15-29/h1-24,42H,25H2. The van der Waals surface area contributed by atoms with Crippen LogP contribution in [-0.4, -0.2) is 5.91 Å². The number of rotatable bonds is 5. The van der Waals surface area contributed by atoms with Crippen LogP contribution in [0.2, 0.25) is 0 Å². The van der Waals surface area contributed by atoms with Crippen molar-refractivity contribution in [2.75, 3.05) is 4.90 Å². The normalized spacial score (nSPS) is 19.0. The van der Waals surface area contributed by atoms with Crippen LogP contribution in [0.5, 0.6) is 0 Å². The first-order valence-electron chi connectivity index (χ1n) is 16.4. The number of carbonyl (C=O) groups excluding carboxylic acids is 1. The van der Waals surface area contributed by atoms with Gasteiger partial charge in [0, 0.05) is 5.69 Å². The Morgan fingerprint density at radius 1 is 0.540 bits per heavy atom. The zero-order valence-electron chi connectivity index (χ0n) is 26.5. The lowest BCUT2D eigenvalue weighted by Gasteiger charge is -2.46. The second kappa shape index (κ2) is 11.3. The predicted molar refractivity (Wildman–Crippen MR) is 188 cm³/mol. The molecule has 1 spiro atoms. The van der Waals surface area contributed by atoms with Gasteiger partial charge in [-0.1, -0.05) is 91.0 Å². The molecule has 1 aliphatic heterocycles. The molecule has 242 valence electrons. The molecule has 0 saturated heterocycles. The summed E-state index contributed by atoms with van der Waals surface area (Å²) in [4.78, 5) is 17.2. The second-order valence-electron chi connectivity index (χ2n) is 12.9. The van der Waals surface area contributed by atoms with E-state index in [-0.39, 0.29) is 12.5 Å². The van der Waals surface area contributed by atoms with Crippen molar-refractivity contribution in [3.63, 3.8) is 0 Å². The molecule has 6 heteroatoms. The number of anilines is 1. The van der Waals surface area contributed by atoms with E-state index >= 15 is 9.18 Å². The fourth-order valence-corrected chi connectivity index (χ4v) is 8.43. The summed E-state index contributed by atoms with van der Waals surface area (Å²) in [5, 5.41) is 0. The van der Waals surface area contributed by atoms with Crippen molar-refractivity contribution in [2.45, 2.75) is 17.9 Å². The minimum atomic E-state index is -1.22. The highest BCUT2D eigenvalue weighted by molar-refractivity contribution is 6.35. The molecule has 3 aliphatic rings. The Morgan fingerprint density at radius 2 is 1.06 bits per heavy atom. The van der Waals surface area contributed by atoms with E-state index in [0.29, 0.717) is 50.2 Å². The van der Waals surface area contributed by atoms with Gasteiger partial charge in [0.25, 0.3) is 0 Å². The van der Waals surface area contributed by atoms with Crippen molar-refractivity contribution in [3.05, 3.63) is 208 Å². The number of hydrogen-bond acceptors (Lipinski definition) is 1. The molecule has 9 rings (SSSR count).